The van der Waals surface area contributed by atoms with E-state index in [1.54, 1.807) is 61.5 Å². The molecular weight excluding hydrogens is 347 g/mol. The first-order valence-electron chi connectivity index (χ1n) is 7.15. The van der Waals surface area contributed by atoms with Crippen molar-refractivity contribution in [2.45, 2.75) is 6.92 Å². The van der Waals surface area contributed by atoms with Crippen molar-refractivity contribution in [2.24, 2.45) is 9.98 Å². The molecule has 0 fully saturated rings. The number of benzene rings is 2. The van der Waals surface area contributed by atoms with Crippen LogP contribution in [-0.2, 0) is 9.53 Å². The smallest absolute Gasteiger partial charge is 0.357 e. The molecule has 0 aliphatic heterocycles. The SMILES string of the molecule is CCOC(=O)/C(=C/c1cccc(Cl)c1)N=C=Nc1ccc(Cl)cc1. The fourth-order valence-electron chi connectivity index (χ4n) is 1.75. The molecule has 0 atom stereocenters. The third-order valence-electron chi connectivity index (χ3n) is 2.81. The molecular formula is C18H14Cl2N2O2. The fraction of sp³-hybridized carbons (Fsp3) is 0.111. The molecule has 2 aromatic rings. The van der Waals surface area contributed by atoms with Crippen molar-refractivity contribution in [1.82, 2.24) is 0 Å². The van der Waals surface area contributed by atoms with Gasteiger partial charge in [-0.05, 0) is 55.0 Å². The first-order valence-corrected chi connectivity index (χ1v) is 7.90. The number of rotatable bonds is 5. The van der Waals surface area contributed by atoms with Crippen molar-refractivity contribution in [3.63, 3.8) is 0 Å². The first-order chi connectivity index (χ1) is 11.6. The van der Waals surface area contributed by atoms with E-state index in [4.69, 9.17) is 27.9 Å². The minimum Gasteiger partial charge on any atom is -0.461 e. The van der Waals surface area contributed by atoms with Gasteiger partial charge in [0, 0.05) is 10.0 Å². The predicted octanol–water partition coefficient (Wildman–Crippen LogP) is 5.40. The maximum atomic E-state index is 12.0. The van der Waals surface area contributed by atoms with Crippen LogP contribution in [0.15, 0.2) is 64.2 Å². The molecule has 0 aliphatic rings. The summed E-state index contributed by atoms with van der Waals surface area (Å²) in [6.07, 6.45) is 1.56. The lowest BCUT2D eigenvalue weighted by Crippen LogP contribution is -2.05. The average molecular weight is 361 g/mol. The van der Waals surface area contributed by atoms with Crippen LogP contribution in [0.25, 0.3) is 6.08 Å². The quantitative estimate of drug-likeness (QED) is 0.407. The van der Waals surface area contributed by atoms with E-state index in [1.165, 1.54) is 0 Å². The van der Waals surface area contributed by atoms with Gasteiger partial charge in [0.2, 0.25) is 0 Å². The van der Waals surface area contributed by atoms with Gasteiger partial charge in [0.15, 0.2) is 5.70 Å². The Labute approximate surface area is 150 Å². The zero-order valence-electron chi connectivity index (χ0n) is 12.9. The van der Waals surface area contributed by atoms with E-state index in [1.807, 2.05) is 0 Å². The van der Waals surface area contributed by atoms with E-state index in [2.05, 4.69) is 16.0 Å². The van der Waals surface area contributed by atoms with Gasteiger partial charge in [-0.15, -0.1) is 0 Å². The van der Waals surface area contributed by atoms with E-state index in [-0.39, 0.29) is 12.3 Å². The Bertz CT molecular complexity index is 808. The van der Waals surface area contributed by atoms with Gasteiger partial charge in [0.05, 0.1) is 12.3 Å². The van der Waals surface area contributed by atoms with Crippen molar-refractivity contribution in [3.8, 4) is 0 Å². The van der Waals surface area contributed by atoms with Crippen LogP contribution in [0.2, 0.25) is 10.0 Å². The average Bonchev–Trinajstić information content (AvgIpc) is 2.56. The summed E-state index contributed by atoms with van der Waals surface area (Å²) in [5.74, 6) is -0.559. The molecule has 0 spiro atoms. The lowest BCUT2D eigenvalue weighted by Gasteiger charge is -2.01. The molecule has 6 heteroatoms. The first kappa shape index (κ1) is 18.0. The number of nitrogens with zero attached hydrogens (tertiary/aromatic N) is 2. The Morgan fingerprint density at radius 3 is 2.58 bits per heavy atom. The second-order valence-corrected chi connectivity index (χ2v) is 5.48. The van der Waals surface area contributed by atoms with Gasteiger partial charge in [-0.25, -0.2) is 4.79 Å². The largest absolute Gasteiger partial charge is 0.461 e. The molecule has 0 amide bonds. The Hall–Kier alpha value is -2.39. The number of hydrogen-bond donors (Lipinski definition) is 0. The molecule has 0 bridgehead atoms. The van der Waals surface area contributed by atoms with Gasteiger partial charge in [-0.1, -0.05) is 35.3 Å². The highest BCUT2D eigenvalue weighted by Gasteiger charge is 2.09. The molecule has 24 heavy (non-hydrogen) atoms. The molecule has 0 saturated heterocycles. The highest BCUT2D eigenvalue weighted by atomic mass is 35.5. The van der Waals surface area contributed by atoms with Crippen LogP contribution in [0.5, 0.6) is 0 Å². The molecule has 4 nitrogen and oxygen atoms in total. The zero-order valence-corrected chi connectivity index (χ0v) is 14.4. The number of ether oxygens (including phenoxy) is 1. The molecule has 0 aromatic heterocycles. The summed E-state index contributed by atoms with van der Waals surface area (Å²) in [4.78, 5) is 20.0. The predicted molar refractivity (Wildman–Crippen MR) is 97.0 cm³/mol. The summed E-state index contributed by atoms with van der Waals surface area (Å²) in [5, 5.41) is 1.17. The fourth-order valence-corrected chi connectivity index (χ4v) is 2.07. The van der Waals surface area contributed by atoms with Gasteiger partial charge >= 0.3 is 5.97 Å². The van der Waals surface area contributed by atoms with Gasteiger partial charge in [-0.3, -0.25) is 0 Å². The lowest BCUT2D eigenvalue weighted by molar-refractivity contribution is -0.138. The van der Waals surface area contributed by atoms with Crippen molar-refractivity contribution in [3.05, 3.63) is 69.8 Å². The van der Waals surface area contributed by atoms with Crippen LogP contribution >= 0.6 is 23.2 Å². The lowest BCUT2D eigenvalue weighted by atomic mass is 10.2. The Balaban J connectivity index is 2.30. The summed E-state index contributed by atoms with van der Waals surface area (Å²) >= 11 is 11.8. The zero-order chi connectivity index (χ0) is 17.4. The van der Waals surface area contributed by atoms with E-state index < -0.39 is 5.97 Å². The molecule has 0 radical (unpaired) electrons. The molecule has 2 aromatic carbocycles. The number of esters is 1. The summed E-state index contributed by atoms with van der Waals surface area (Å²) in [7, 11) is 0. The van der Waals surface area contributed by atoms with Gasteiger partial charge in [-0.2, -0.15) is 9.98 Å². The molecule has 0 unspecified atom stereocenters. The van der Waals surface area contributed by atoms with Gasteiger partial charge in [0.25, 0.3) is 0 Å². The summed E-state index contributed by atoms with van der Waals surface area (Å²) in [6.45, 7) is 1.97. The Kier molecular flexibility index (Phi) is 6.76. The van der Waals surface area contributed by atoms with Crippen molar-refractivity contribution in [2.75, 3.05) is 6.61 Å². The number of hydrogen-bond acceptors (Lipinski definition) is 4. The third-order valence-corrected chi connectivity index (χ3v) is 3.30. The molecule has 0 aliphatic carbocycles. The summed E-state index contributed by atoms with van der Waals surface area (Å²) in [6, 6.07) is 16.4. The van der Waals surface area contributed by atoms with Crippen LogP contribution in [0.4, 0.5) is 5.69 Å². The number of carbonyl (C=O) groups is 1. The van der Waals surface area contributed by atoms with Crippen LogP contribution in [0.1, 0.15) is 12.5 Å². The van der Waals surface area contributed by atoms with E-state index in [9.17, 15) is 4.79 Å². The highest BCUT2D eigenvalue weighted by Crippen LogP contribution is 2.16. The minimum absolute atomic E-state index is 0.0804. The second-order valence-electron chi connectivity index (χ2n) is 4.61. The van der Waals surface area contributed by atoms with Crippen LogP contribution < -0.4 is 0 Å². The van der Waals surface area contributed by atoms with Crippen molar-refractivity contribution < 1.29 is 9.53 Å². The van der Waals surface area contributed by atoms with Gasteiger partial charge in [0.1, 0.15) is 6.01 Å². The van der Waals surface area contributed by atoms with E-state index in [0.717, 1.165) is 5.56 Å². The molecule has 122 valence electrons. The van der Waals surface area contributed by atoms with Crippen LogP contribution in [0, 0.1) is 0 Å². The van der Waals surface area contributed by atoms with Gasteiger partial charge < -0.3 is 4.74 Å². The van der Waals surface area contributed by atoms with E-state index in [0.29, 0.717) is 15.7 Å². The number of halogens is 2. The maximum Gasteiger partial charge on any atom is 0.357 e. The van der Waals surface area contributed by atoms with Crippen LogP contribution in [0.3, 0.4) is 0 Å². The summed E-state index contributed by atoms with van der Waals surface area (Å²) in [5.41, 5.74) is 1.42. The molecule has 0 heterocycles. The Morgan fingerprint density at radius 1 is 1.17 bits per heavy atom. The molecule has 0 saturated carbocycles. The topological polar surface area (TPSA) is 51.0 Å². The molecule has 2 rings (SSSR count). The maximum absolute atomic E-state index is 12.0. The second kappa shape index (κ2) is 9.04. The van der Waals surface area contributed by atoms with Crippen LogP contribution in [-0.4, -0.2) is 18.6 Å². The summed E-state index contributed by atoms with van der Waals surface area (Å²) < 4.78 is 4.99. The highest BCUT2D eigenvalue weighted by molar-refractivity contribution is 6.31. The normalized spacial score (nSPS) is 10.7. The monoisotopic (exact) mass is 360 g/mol. The van der Waals surface area contributed by atoms with E-state index >= 15 is 0 Å². The molecule has 0 N–H and O–H groups in total. The standard InChI is InChI=1S/C18H14Cl2N2O2/c1-2-24-18(23)17(11-13-4-3-5-15(20)10-13)22-12-21-16-8-6-14(19)7-9-16/h3-11H,2H2,1H3/b17-11-. The minimum atomic E-state index is -0.559. The van der Waals surface area contributed by atoms with Crippen molar-refractivity contribution >= 4 is 46.9 Å². The third kappa shape index (κ3) is 5.67. The van der Waals surface area contributed by atoms with Crippen molar-refractivity contribution in [1.29, 1.82) is 0 Å². The Morgan fingerprint density at radius 2 is 1.92 bits per heavy atom. The number of carbonyl (C=O) groups excluding carboxylic acids is 1. The number of aliphatic imine (C=N–C) groups is 2.